The Labute approximate surface area is 132 Å². The SMILES string of the molecule is CCn1cc(CSc2cccc(CNC(C)(C)C)c2)cn1. The van der Waals surface area contributed by atoms with Gasteiger partial charge in [0.25, 0.3) is 0 Å². The highest BCUT2D eigenvalue weighted by atomic mass is 32.2. The molecular weight excluding hydrogens is 278 g/mol. The summed E-state index contributed by atoms with van der Waals surface area (Å²) < 4.78 is 1.97. The molecular formula is C17H25N3S. The Balaban J connectivity index is 1.91. The summed E-state index contributed by atoms with van der Waals surface area (Å²) in [7, 11) is 0. The number of aromatic nitrogens is 2. The Morgan fingerprint density at radius 3 is 2.71 bits per heavy atom. The van der Waals surface area contributed by atoms with Gasteiger partial charge in [-0.1, -0.05) is 12.1 Å². The second-order valence-electron chi connectivity index (χ2n) is 6.24. The summed E-state index contributed by atoms with van der Waals surface area (Å²) in [5.74, 6) is 0.968. The van der Waals surface area contributed by atoms with E-state index in [4.69, 9.17) is 0 Å². The van der Waals surface area contributed by atoms with Gasteiger partial charge in [-0.25, -0.2) is 0 Å². The molecule has 0 unspecified atom stereocenters. The maximum Gasteiger partial charge on any atom is 0.0530 e. The van der Waals surface area contributed by atoms with Crippen LogP contribution < -0.4 is 5.32 Å². The fraction of sp³-hybridized carbons (Fsp3) is 0.471. The summed E-state index contributed by atoms with van der Waals surface area (Å²) in [6.45, 7) is 10.5. The van der Waals surface area contributed by atoms with Crippen molar-refractivity contribution >= 4 is 11.8 Å². The molecule has 0 fully saturated rings. The van der Waals surface area contributed by atoms with Gasteiger partial charge in [-0.05, 0) is 45.4 Å². The monoisotopic (exact) mass is 303 g/mol. The van der Waals surface area contributed by atoms with Gasteiger partial charge in [0.2, 0.25) is 0 Å². The van der Waals surface area contributed by atoms with Crippen molar-refractivity contribution in [1.82, 2.24) is 15.1 Å². The molecule has 0 spiro atoms. The van der Waals surface area contributed by atoms with Crippen LogP contribution in [0.3, 0.4) is 0 Å². The first-order valence-corrected chi connectivity index (χ1v) is 8.43. The number of nitrogens with zero attached hydrogens (tertiary/aromatic N) is 2. The van der Waals surface area contributed by atoms with Gasteiger partial charge in [0.15, 0.2) is 0 Å². The van der Waals surface area contributed by atoms with E-state index >= 15 is 0 Å². The predicted octanol–water partition coefficient (Wildman–Crippen LogP) is 4.08. The number of hydrogen-bond acceptors (Lipinski definition) is 3. The molecule has 0 amide bonds. The highest BCUT2D eigenvalue weighted by molar-refractivity contribution is 7.98. The molecule has 1 aromatic heterocycles. The van der Waals surface area contributed by atoms with Crippen molar-refractivity contribution in [3.8, 4) is 0 Å². The van der Waals surface area contributed by atoms with Gasteiger partial charge in [-0.15, -0.1) is 11.8 Å². The molecule has 21 heavy (non-hydrogen) atoms. The Morgan fingerprint density at radius 2 is 2.05 bits per heavy atom. The molecule has 2 aromatic rings. The van der Waals surface area contributed by atoms with Crippen molar-refractivity contribution in [3.63, 3.8) is 0 Å². The first kappa shape index (κ1) is 16.1. The van der Waals surface area contributed by atoms with E-state index in [2.05, 4.69) is 68.6 Å². The summed E-state index contributed by atoms with van der Waals surface area (Å²) in [6, 6.07) is 8.76. The Morgan fingerprint density at radius 1 is 1.24 bits per heavy atom. The minimum absolute atomic E-state index is 0.151. The number of thioether (sulfide) groups is 1. The summed E-state index contributed by atoms with van der Waals surface area (Å²) in [4.78, 5) is 1.31. The second-order valence-corrected chi connectivity index (χ2v) is 7.29. The lowest BCUT2D eigenvalue weighted by molar-refractivity contribution is 0.424. The van der Waals surface area contributed by atoms with Crippen LogP contribution >= 0.6 is 11.8 Å². The second kappa shape index (κ2) is 7.14. The zero-order valence-electron chi connectivity index (χ0n) is 13.4. The number of rotatable bonds is 6. The van der Waals surface area contributed by atoms with E-state index in [1.54, 1.807) is 0 Å². The smallest absolute Gasteiger partial charge is 0.0530 e. The quantitative estimate of drug-likeness (QED) is 0.815. The molecule has 3 nitrogen and oxygen atoms in total. The summed E-state index contributed by atoms with van der Waals surface area (Å²) >= 11 is 1.86. The van der Waals surface area contributed by atoms with Crippen molar-refractivity contribution in [2.45, 2.75) is 57.0 Å². The summed E-state index contributed by atoms with van der Waals surface area (Å²) in [5, 5.41) is 7.84. The van der Waals surface area contributed by atoms with Gasteiger partial charge in [-0.2, -0.15) is 5.10 Å². The lowest BCUT2D eigenvalue weighted by Gasteiger charge is -2.20. The molecule has 0 aliphatic heterocycles. The van der Waals surface area contributed by atoms with Crippen molar-refractivity contribution in [3.05, 3.63) is 47.8 Å². The first-order valence-electron chi connectivity index (χ1n) is 7.44. The van der Waals surface area contributed by atoms with Gasteiger partial charge in [0.05, 0.1) is 6.20 Å². The molecule has 0 saturated heterocycles. The Bertz CT molecular complexity index is 569. The number of nitrogens with one attached hydrogen (secondary N) is 1. The molecule has 4 heteroatoms. The minimum Gasteiger partial charge on any atom is -0.308 e. The van der Waals surface area contributed by atoms with Gasteiger partial charge in [0.1, 0.15) is 0 Å². The van der Waals surface area contributed by atoms with Crippen LogP contribution in [0.25, 0.3) is 0 Å². The first-order chi connectivity index (χ1) is 9.96. The molecule has 1 heterocycles. The number of benzene rings is 1. The molecule has 0 aliphatic rings. The van der Waals surface area contributed by atoms with Gasteiger partial charge in [0, 0.05) is 41.0 Å². The van der Waals surface area contributed by atoms with Crippen LogP contribution in [0.4, 0.5) is 0 Å². The summed E-state index contributed by atoms with van der Waals surface area (Å²) in [6.07, 6.45) is 4.08. The molecule has 0 radical (unpaired) electrons. The third-order valence-electron chi connectivity index (χ3n) is 3.14. The van der Waals surface area contributed by atoms with Crippen molar-refractivity contribution < 1.29 is 0 Å². The Hall–Kier alpha value is -1.26. The fourth-order valence-electron chi connectivity index (χ4n) is 1.93. The van der Waals surface area contributed by atoms with Gasteiger partial charge in [-0.3, -0.25) is 4.68 Å². The molecule has 1 aromatic carbocycles. The highest BCUT2D eigenvalue weighted by Crippen LogP contribution is 2.23. The average Bonchev–Trinajstić information content (AvgIpc) is 2.91. The van der Waals surface area contributed by atoms with Crippen molar-refractivity contribution in [2.75, 3.05) is 0 Å². The van der Waals surface area contributed by atoms with Gasteiger partial charge >= 0.3 is 0 Å². The zero-order valence-corrected chi connectivity index (χ0v) is 14.2. The Kier molecular flexibility index (Phi) is 5.48. The van der Waals surface area contributed by atoms with Crippen LogP contribution in [0.2, 0.25) is 0 Å². The summed E-state index contributed by atoms with van der Waals surface area (Å²) in [5.41, 5.74) is 2.76. The number of aryl methyl sites for hydroxylation is 1. The molecule has 0 atom stereocenters. The van der Waals surface area contributed by atoms with Crippen LogP contribution in [0.15, 0.2) is 41.6 Å². The average molecular weight is 303 g/mol. The molecule has 2 rings (SSSR count). The maximum atomic E-state index is 4.31. The van der Waals surface area contributed by atoms with E-state index in [1.807, 2.05) is 22.6 Å². The topological polar surface area (TPSA) is 29.9 Å². The van der Waals surface area contributed by atoms with Crippen LogP contribution in [-0.4, -0.2) is 15.3 Å². The van der Waals surface area contributed by atoms with E-state index in [-0.39, 0.29) is 5.54 Å². The predicted molar refractivity (Wildman–Crippen MR) is 90.5 cm³/mol. The molecule has 0 aliphatic carbocycles. The van der Waals surface area contributed by atoms with Crippen LogP contribution in [0.5, 0.6) is 0 Å². The van der Waals surface area contributed by atoms with E-state index in [9.17, 15) is 0 Å². The third kappa shape index (κ3) is 5.56. The molecule has 1 N–H and O–H groups in total. The molecule has 0 bridgehead atoms. The van der Waals surface area contributed by atoms with Crippen molar-refractivity contribution in [1.29, 1.82) is 0 Å². The van der Waals surface area contributed by atoms with E-state index in [0.717, 1.165) is 18.8 Å². The van der Waals surface area contributed by atoms with E-state index in [1.165, 1.54) is 16.0 Å². The molecule has 114 valence electrons. The zero-order chi connectivity index (χ0) is 15.3. The maximum absolute atomic E-state index is 4.31. The lowest BCUT2D eigenvalue weighted by Crippen LogP contribution is -2.35. The third-order valence-corrected chi connectivity index (χ3v) is 4.20. The van der Waals surface area contributed by atoms with Crippen LogP contribution in [0.1, 0.15) is 38.8 Å². The number of hydrogen-bond donors (Lipinski definition) is 1. The van der Waals surface area contributed by atoms with Crippen LogP contribution in [0, 0.1) is 0 Å². The van der Waals surface area contributed by atoms with E-state index < -0.39 is 0 Å². The van der Waals surface area contributed by atoms with Crippen LogP contribution in [-0.2, 0) is 18.8 Å². The van der Waals surface area contributed by atoms with Gasteiger partial charge < -0.3 is 5.32 Å². The lowest BCUT2D eigenvalue weighted by atomic mass is 10.1. The fourth-order valence-corrected chi connectivity index (χ4v) is 2.82. The van der Waals surface area contributed by atoms with Crippen molar-refractivity contribution in [2.24, 2.45) is 0 Å². The van der Waals surface area contributed by atoms with E-state index in [0.29, 0.717) is 0 Å². The highest BCUT2D eigenvalue weighted by Gasteiger charge is 2.08. The molecule has 0 saturated carbocycles. The normalized spacial score (nSPS) is 11.8. The standard InChI is InChI=1S/C17H25N3S/c1-5-20-12-15(11-19-20)13-21-16-8-6-7-14(9-16)10-18-17(2,3)4/h6-9,11-12,18H,5,10,13H2,1-4H3. The largest absolute Gasteiger partial charge is 0.308 e. The minimum atomic E-state index is 0.151.